The Kier molecular flexibility index (Phi) is 3.30. The highest BCUT2D eigenvalue weighted by Crippen LogP contribution is 2.21. The summed E-state index contributed by atoms with van der Waals surface area (Å²) < 4.78 is 1.80. The lowest BCUT2D eigenvalue weighted by Crippen LogP contribution is -2.15. The first-order chi connectivity index (χ1) is 9.78. The van der Waals surface area contributed by atoms with Crippen LogP contribution in [0.15, 0.2) is 36.7 Å². The van der Waals surface area contributed by atoms with Crippen molar-refractivity contribution in [1.82, 2.24) is 19.6 Å². The Bertz CT molecular complexity index is 719. The van der Waals surface area contributed by atoms with Crippen LogP contribution in [0.1, 0.15) is 5.69 Å². The molecule has 102 valence electrons. The van der Waals surface area contributed by atoms with Gasteiger partial charge in [-0.3, -0.25) is 4.98 Å². The van der Waals surface area contributed by atoms with Gasteiger partial charge in [-0.25, -0.2) is 4.98 Å². The minimum Gasteiger partial charge on any atom is -0.369 e. The largest absolute Gasteiger partial charge is 0.369 e. The van der Waals surface area contributed by atoms with Crippen LogP contribution in [0, 0.1) is 6.92 Å². The number of fused-ring (bicyclic) bond motifs is 1. The predicted molar refractivity (Wildman–Crippen MR) is 78.5 cm³/mol. The second-order valence-electron chi connectivity index (χ2n) is 4.53. The van der Waals surface area contributed by atoms with Gasteiger partial charge in [0, 0.05) is 48.9 Å². The Morgan fingerprint density at radius 2 is 2.05 bits per heavy atom. The first-order valence-electron chi connectivity index (χ1n) is 6.49. The normalized spacial score (nSPS) is 10.9. The number of pyridine rings is 1. The van der Waals surface area contributed by atoms with E-state index in [2.05, 4.69) is 20.4 Å². The topological polar surface area (TPSA) is 81.1 Å². The van der Waals surface area contributed by atoms with Crippen molar-refractivity contribution in [3.8, 4) is 11.3 Å². The summed E-state index contributed by atoms with van der Waals surface area (Å²) in [6.45, 7) is 3.23. The molecule has 3 N–H and O–H groups in total. The molecule has 3 aromatic heterocycles. The molecule has 0 aliphatic carbocycles. The maximum Gasteiger partial charge on any atom is 0.158 e. The van der Waals surface area contributed by atoms with E-state index in [4.69, 9.17) is 5.73 Å². The molecule has 3 aromatic rings. The zero-order valence-electron chi connectivity index (χ0n) is 11.2. The summed E-state index contributed by atoms with van der Waals surface area (Å²) in [6, 6.07) is 7.80. The van der Waals surface area contributed by atoms with Gasteiger partial charge >= 0.3 is 0 Å². The highest BCUT2D eigenvalue weighted by molar-refractivity contribution is 5.65. The first-order valence-corrected chi connectivity index (χ1v) is 6.49. The second kappa shape index (κ2) is 5.26. The average Bonchev–Trinajstić information content (AvgIpc) is 2.89. The quantitative estimate of drug-likeness (QED) is 0.749. The summed E-state index contributed by atoms with van der Waals surface area (Å²) in [5.41, 5.74) is 9.20. The second-order valence-corrected chi connectivity index (χ2v) is 4.53. The molecule has 0 atom stereocenters. The van der Waals surface area contributed by atoms with Gasteiger partial charge in [-0.1, -0.05) is 0 Å². The summed E-state index contributed by atoms with van der Waals surface area (Å²) in [5.74, 6) is 0.901. The standard InChI is InChI=1S/C14H16N6/c1-10-8-13(17-7-4-15)20-14(18-10)9-12(19-20)11-2-5-16-6-3-11/h2-3,5-6,8-9,17H,4,7,15H2,1H3. The minimum absolute atomic E-state index is 0.571. The monoisotopic (exact) mass is 268 g/mol. The van der Waals surface area contributed by atoms with Gasteiger partial charge in [-0.2, -0.15) is 9.61 Å². The van der Waals surface area contributed by atoms with E-state index in [1.165, 1.54) is 0 Å². The van der Waals surface area contributed by atoms with Crippen molar-refractivity contribution >= 4 is 11.5 Å². The van der Waals surface area contributed by atoms with Crippen LogP contribution >= 0.6 is 0 Å². The van der Waals surface area contributed by atoms with Crippen LogP contribution in [0.5, 0.6) is 0 Å². The highest BCUT2D eigenvalue weighted by atomic mass is 15.3. The predicted octanol–water partition coefficient (Wildman–Crippen LogP) is 1.47. The number of rotatable bonds is 4. The summed E-state index contributed by atoms with van der Waals surface area (Å²) in [5, 5.41) is 7.87. The van der Waals surface area contributed by atoms with Gasteiger partial charge in [-0.15, -0.1) is 0 Å². The summed E-state index contributed by atoms with van der Waals surface area (Å²) in [7, 11) is 0. The molecule has 0 aliphatic heterocycles. The molecule has 20 heavy (non-hydrogen) atoms. The SMILES string of the molecule is Cc1cc(NCCN)n2nc(-c3ccncc3)cc2n1. The van der Waals surface area contributed by atoms with Crippen LogP contribution in [0.2, 0.25) is 0 Å². The number of nitrogens with zero attached hydrogens (tertiary/aromatic N) is 4. The van der Waals surface area contributed by atoms with Crippen LogP contribution in [0.4, 0.5) is 5.82 Å². The van der Waals surface area contributed by atoms with Crippen LogP contribution in [-0.4, -0.2) is 32.7 Å². The van der Waals surface area contributed by atoms with Gasteiger partial charge in [0.05, 0.1) is 5.69 Å². The fourth-order valence-corrected chi connectivity index (χ4v) is 2.09. The van der Waals surface area contributed by atoms with Gasteiger partial charge in [-0.05, 0) is 19.1 Å². The number of nitrogens with two attached hydrogens (primary N) is 1. The van der Waals surface area contributed by atoms with Gasteiger partial charge in [0.15, 0.2) is 5.65 Å². The van der Waals surface area contributed by atoms with Crippen molar-refractivity contribution in [3.63, 3.8) is 0 Å². The first kappa shape index (κ1) is 12.6. The number of hydrogen-bond donors (Lipinski definition) is 2. The van der Waals surface area contributed by atoms with Crippen molar-refractivity contribution in [2.45, 2.75) is 6.92 Å². The molecule has 3 rings (SSSR count). The number of aryl methyl sites for hydroxylation is 1. The number of hydrogen-bond acceptors (Lipinski definition) is 5. The molecule has 0 radical (unpaired) electrons. The molecule has 0 saturated heterocycles. The van der Waals surface area contributed by atoms with Crippen molar-refractivity contribution in [3.05, 3.63) is 42.4 Å². The molecule has 0 aliphatic rings. The smallest absolute Gasteiger partial charge is 0.158 e. The Hall–Kier alpha value is -2.47. The molecule has 6 heteroatoms. The third-order valence-corrected chi connectivity index (χ3v) is 2.98. The summed E-state index contributed by atoms with van der Waals surface area (Å²) in [6.07, 6.45) is 3.51. The highest BCUT2D eigenvalue weighted by Gasteiger charge is 2.09. The summed E-state index contributed by atoms with van der Waals surface area (Å²) >= 11 is 0. The van der Waals surface area contributed by atoms with Crippen molar-refractivity contribution in [1.29, 1.82) is 0 Å². The van der Waals surface area contributed by atoms with Crippen LogP contribution < -0.4 is 11.1 Å². The number of nitrogens with one attached hydrogen (secondary N) is 1. The summed E-state index contributed by atoms with van der Waals surface area (Å²) in [4.78, 5) is 8.52. The molecular weight excluding hydrogens is 252 g/mol. The van der Waals surface area contributed by atoms with E-state index >= 15 is 0 Å². The lowest BCUT2D eigenvalue weighted by molar-refractivity contribution is 0.911. The van der Waals surface area contributed by atoms with Gasteiger partial charge < -0.3 is 11.1 Å². The fraction of sp³-hybridized carbons (Fsp3) is 0.214. The van der Waals surface area contributed by atoms with Crippen molar-refractivity contribution in [2.75, 3.05) is 18.4 Å². The molecule has 0 fully saturated rings. The molecule has 0 aromatic carbocycles. The van der Waals surface area contributed by atoms with Gasteiger partial charge in [0.25, 0.3) is 0 Å². The fourth-order valence-electron chi connectivity index (χ4n) is 2.09. The van der Waals surface area contributed by atoms with E-state index in [1.807, 2.05) is 31.2 Å². The van der Waals surface area contributed by atoms with E-state index in [-0.39, 0.29) is 0 Å². The van der Waals surface area contributed by atoms with Gasteiger partial charge in [0.1, 0.15) is 5.82 Å². The molecule has 0 spiro atoms. The van der Waals surface area contributed by atoms with E-state index in [1.54, 1.807) is 16.9 Å². The van der Waals surface area contributed by atoms with Crippen molar-refractivity contribution < 1.29 is 0 Å². The number of anilines is 1. The average molecular weight is 268 g/mol. The lowest BCUT2D eigenvalue weighted by Gasteiger charge is -2.07. The Morgan fingerprint density at radius 3 is 2.80 bits per heavy atom. The zero-order valence-corrected chi connectivity index (χ0v) is 11.2. The van der Waals surface area contributed by atoms with Crippen LogP contribution in [0.3, 0.4) is 0 Å². The van der Waals surface area contributed by atoms with Gasteiger partial charge in [0.2, 0.25) is 0 Å². The van der Waals surface area contributed by atoms with E-state index in [9.17, 15) is 0 Å². The van der Waals surface area contributed by atoms with Crippen LogP contribution in [-0.2, 0) is 0 Å². The molecule has 6 nitrogen and oxygen atoms in total. The van der Waals surface area contributed by atoms with Crippen LogP contribution in [0.25, 0.3) is 16.9 Å². The zero-order chi connectivity index (χ0) is 13.9. The molecule has 0 unspecified atom stereocenters. The van der Waals surface area contributed by atoms with E-state index < -0.39 is 0 Å². The lowest BCUT2D eigenvalue weighted by atomic mass is 10.2. The number of aromatic nitrogens is 4. The van der Waals surface area contributed by atoms with E-state index in [0.717, 1.165) is 28.4 Å². The Balaban J connectivity index is 2.10. The Labute approximate surface area is 116 Å². The molecule has 0 bridgehead atoms. The minimum atomic E-state index is 0.571. The molecule has 0 saturated carbocycles. The maximum absolute atomic E-state index is 5.54. The third-order valence-electron chi connectivity index (χ3n) is 2.98. The van der Waals surface area contributed by atoms with E-state index in [0.29, 0.717) is 13.1 Å². The third kappa shape index (κ3) is 2.33. The maximum atomic E-state index is 5.54. The Morgan fingerprint density at radius 1 is 1.25 bits per heavy atom. The molecule has 0 amide bonds. The molecular formula is C14H16N6. The van der Waals surface area contributed by atoms with Crippen molar-refractivity contribution in [2.24, 2.45) is 5.73 Å². The molecule has 3 heterocycles.